The lowest BCUT2D eigenvalue weighted by atomic mass is 9.92. The summed E-state index contributed by atoms with van der Waals surface area (Å²) >= 11 is 1.65. The molecule has 3 aliphatic rings. The smallest absolute Gasteiger partial charge is 0.116 e. The van der Waals surface area contributed by atoms with Crippen LogP contribution in [0.4, 0.5) is 17.1 Å². The van der Waals surface area contributed by atoms with Crippen molar-refractivity contribution in [2.24, 2.45) is 5.73 Å². The van der Waals surface area contributed by atoms with E-state index in [-0.39, 0.29) is 6.04 Å². The fourth-order valence-electron chi connectivity index (χ4n) is 6.05. The first kappa shape index (κ1) is 25.4. The number of nitrogens with zero attached hydrogens (tertiary/aromatic N) is 1. The van der Waals surface area contributed by atoms with Gasteiger partial charge in [-0.05, 0) is 71.0 Å². The molecule has 4 aromatic rings. The molecule has 0 amide bonds. The standard InChI is InChI=1S/C36H32N4S/c1-24-18-36(40-33-16-8-5-13-28(33)20-29-14-6-9-17-34(29)40)39-32(23-37)35(41-24)22-30-21-26-11-3-2-10-25(26)19-27-12-4-7-15-31(27)38-30/h2-18,22-23,30,38-39H,1,19-21,37H2/b32-23+,35-22+. The Balaban J connectivity index is 1.26. The number of nitrogens with two attached hydrogens (primary N) is 1. The van der Waals surface area contributed by atoms with Crippen molar-refractivity contribution in [1.29, 1.82) is 0 Å². The fourth-order valence-corrected chi connectivity index (χ4v) is 6.97. The van der Waals surface area contributed by atoms with Crippen LogP contribution in [-0.4, -0.2) is 6.04 Å². The zero-order chi connectivity index (χ0) is 27.8. The topological polar surface area (TPSA) is 53.3 Å². The number of thioether (sulfide) groups is 1. The number of nitrogens with one attached hydrogen (secondary N) is 2. The second-order valence-corrected chi connectivity index (χ2v) is 11.8. The summed E-state index contributed by atoms with van der Waals surface area (Å²) in [4.78, 5) is 4.30. The van der Waals surface area contributed by atoms with Gasteiger partial charge in [0.25, 0.3) is 0 Å². The predicted octanol–water partition coefficient (Wildman–Crippen LogP) is 7.73. The Morgan fingerprint density at radius 3 is 2.05 bits per heavy atom. The van der Waals surface area contributed by atoms with Crippen LogP contribution in [0.3, 0.4) is 0 Å². The van der Waals surface area contributed by atoms with Crippen molar-refractivity contribution in [3.05, 3.63) is 171 Å². The zero-order valence-electron chi connectivity index (χ0n) is 22.8. The maximum atomic E-state index is 6.33. The molecular weight excluding hydrogens is 520 g/mol. The normalized spacial score (nSPS) is 19.8. The summed E-state index contributed by atoms with van der Waals surface area (Å²) in [5.41, 5.74) is 17.3. The van der Waals surface area contributed by atoms with Gasteiger partial charge in [0, 0.05) is 34.2 Å². The summed E-state index contributed by atoms with van der Waals surface area (Å²) in [6, 6.07) is 34.7. The summed E-state index contributed by atoms with van der Waals surface area (Å²) in [7, 11) is 0. The predicted molar refractivity (Wildman–Crippen MR) is 173 cm³/mol. The van der Waals surface area contributed by atoms with Crippen LogP contribution in [0.15, 0.2) is 143 Å². The highest BCUT2D eigenvalue weighted by Gasteiger charge is 2.28. The molecule has 4 nitrogen and oxygen atoms in total. The Morgan fingerprint density at radius 2 is 1.34 bits per heavy atom. The van der Waals surface area contributed by atoms with Crippen LogP contribution < -0.4 is 21.3 Å². The van der Waals surface area contributed by atoms with Crippen LogP contribution in [0.5, 0.6) is 0 Å². The van der Waals surface area contributed by atoms with E-state index in [0.717, 1.165) is 40.6 Å². The number of anilines is 3. The van der Waals surface area contributed by atoms with Gasteiger partial charge in [-0.3, -0.25) is 4.90 Å². The molecule has 1 atom stereocenters. The summed E-state index contributed by atoms with van der Waals surface area (Å²) in [6.45, 7) is 4.44. The van der Waals surface area contributed by atoms with Crippen molar-refractivity contribution in [3.63, 3.8) is 0 Å². The second-order valence-electron chi connectivity index (χ2n) is 10.7. The highest BCUT2D eigenvalue weighted by molar-refractivity contribution is 8.07. The van der Waals surface area contributed by atoms with Gasteiger partial charge >= 0.3 is 0 Å². The summed E-state index contributed by atoms with van der Waals surface area (Å²) in [5.74, 6) is 0.934. The fraction of sp³-hybridized carbons (Fsp3) is 0.111. The lowest BCUT2D eigenvalue weighted by Gasteiger charge is -2.35. The average molecular weight is 553 g/mol. The molecule has 4 aromatic carbocycles. The van der Waals surface area contributed by atoms with Gasteiger partial charge < -0.3 is 16.4 Å². The van der Waals surface area contributed by atoms with Crippen LogP contribution in [0.25, 0.3) is 0 Å². The average Bonchev–Trinajstić information content (AvgIpc) is 3.14. The molecule has 7 rings (SSSR count). The number of allylic oxidation sites excluding steroid dienone is 1. The van der Waals surface area contributed by atoms with E-state index in [1.165, 1.54) is 44.9 Å². The highest BCUT2D eigenvalue weighted by atomic mass is 32.2. The largest absolute Gasteiger partial charge is 0.403 e. The molecule has 3 heterocycles. The first-order valence-corrected chi connectivity index (χ1v) is 14.8. The van der Waals surface area contributed by atoms with E-state index < -0.39 is 0 Å². The first-order valence-electron chi connectivity index (χ1n) is 14.0. The first-order chi connectivity index (χ1) is 20.2. The van der Waals surface area contributed by atoms with Crippen molar-refractivity contribution < 1.29 is 0 Å². The van der Waals surface area contributed by atoms with Gasteiger partial charge in [0.05, 0.1) is 17.1 Å². The number of benzene rings is 4. The van der Waals surface area contributed by atoms with E-state index in [2.05, 4.69) is 131 Å². The molecular formula is C36H32N4S. The third-order valence-corrected chi connectivity index (χ3v) is 8.93. The molecule has 41 heavy (non-hydrogen) atoms. The number of fused-ring (bicyclic) bond motifs is 4. The molecule has 0 radical (unpaired) electrons. The Kier molecular flexibility index (Phi) is 6.65. The summed E-state index contributed by atoms with van der Waals surface area (Å²) < 4.78 is 0. The molecule has 4 N–H and O–H groups in total. The Bertz CT molecular complexity index is 1650. The van der Waals surface area contributed by atoms with Crippen LogP contribution in [0.2, 0.25) is 0 Å². The summed E-state index contributed by atoms with van der Waals surface area (Å²) in [5, 5.41) is 7.52. The van der Waals surface area contributed by atoms with Crippen LogP contribution >= 0.6 is 11.8 Å². The van der Waals surface area contributed by atoms with Crippen molar-refractivity contribution >= 4 is 28.8 Å². The summed E-state index contributed by atoms with van der Waals surface area (Å²) in [6.07, 6.45) is 8.83. The Labute approximate surface area is 246 Å². The highest BCUT2D eigenvalue weighted by Crippen LogP contribution is 2.43. The van der Waals surface area contributed by atoms with E-state index in [1.807, 2.05) is 0 Å². The number of para-hydroxylation sites is 3. The molecule has 3 aliphatic heterocycles. The molecule has 0 aliphatic carbocycles. The third kappa shape index (κ3) is 4.94. The molecule has 0 spiro atoms. The quantitative estimate of drug-likeness (QED) is 0.238. The molecule has 5 heteroatoms. The van der Waals surface area contributed by atoms with E-state index in [1.54, 1.807) is 18.0 Å². The molecule has 0 fully saturated rings. The minimum Gasteiger partial charge on any atom is -0.403 e. The van der Waals surface area contributed by atoms with E-state index >= 15 is 0 Å². The lowest BCUT2D eigenvalue weighted by Crippen LogP contribution is -2.31. The number of hydrogen-bond donors (Lipinski definition) is 3. The zero-order valence-corrected chi connectivity index (χ0v) is 23.6. The van der Waals surface area contributed by atoms with Crippen LogP contribution in [0, 0.1) is 0 Å². The van der Waals surface area contributed by atoms with Gasteiger partial charge in [0.2, 0.25) is 0 Å². The molecule has 0 saturated carbocycles. The molecule has 1 unspecified atom stereocenters. The molecule has 0 aromatic heterocycles. The van der Waals surface area contributed by atoms with Crippen LogP contribution in [0.1, 0.15) is 27.8 Å². The van der Waals surface area contributed by atoms with E-state index in [0.29, 0.717) is 0 Å². The van der Waals surface area contributed by atoms with Crippen LogP contribution in [-0.2, 0) is 19.3 Å². The molecule has 202 valence electrons. The maximum absolute atomic E-state index is 6.33. The van der Waals surface area contributed by atoms with Gasteiger partial charge in [-0.25, -0.2) is 0 Å². The van der Waals surface area contributed by atoms with Gasteiger partial charge in [0.1, 0.15) is 5.82 Å². The van der Waals surface area contributed by atoms with Crippen molar-refractivity contribution in [3.8, 4) is 0 Å². The van der Waals surface area contributed by atoms with Gasteiger partial charge in [-0.15, -0.1) is 0 Å². The van der Waals surface area contributed by atoms with Crippen molar-refractivity contribution in [2.45, 2.75) is 25.3 Å². The Hall–Kier alpha value is -4.61. The SMILES string of the molecule is C=C1C=C(N2c3ccccc3Cc3ccccc32)NC(=C/N)/C(=C\C2Cc3ccccc3Cc3ccccc3N2)S1. The lowest BCUT2D eigenvalue weighted by molar-refractivity contribution is 0.833. The second kappa shape index (κ2) is 10.8. The molecule has 0 bridgehead atoms. The monoisotopic (exact) mass is 552 g/mol. The number of rotatable bonds is 2. The van der Waals surface area contributed by atoms with Crippen molar-refractivity contribution in [1.82, 2.24) is 5.32 Å². The molecule has 0 saturated heterocycles. The van der Waals surface area contributed by atoms with Gasteiger partial charge in [-0.1, -0.05) is 97.2 Å². The Morgan fingerprint density at radius 1 is 0.756 bits per heavy atom. The maximum Gasteiger partial charge on any atom is 0.116 e. The minimum absolute atomic E-state index is 0.0719. The van der Waals surface area contributed by atoms with Gasteiger partial charge in [-0.2, -0.15) is 0 Å². The number of hydrogen-bond acceptors (Lipinski definition) is 5. The van der Waals surface area contributed by atoms with Crippen molar-refractivity contribution in [2.75, 3.05) is 10.2 Å². The third-order valence-electron chi connectivity index (χ3n) is 7.97. The van der Waals surface area contributed by atoms with E-state index in [4.69, 9.17) is 5.73 Å². The minimum atomic E-state index is 0.0719. The van der Waals surface area contributed by atoms with Gasteiger partial charge in [0.15, 0.2) is 0 Å². The van der Waals surface area contributed by atoms with E-state index in [9.17, 15) is 0 Å².